The van der Waals surface area contributed by atoms with Crippen LogP contribution in [-0.2, 0) is 13.6 Å². The van der Waals surface area contributed by atoms with Crippen molar-refractivity contribution in [2.75, 3.05) is 0 Å². The molecule has 0 fully saturated rings. The van der Waals surface area contributed by atoms with Gasteiger partial charge in [-0.1, -0.05) is 228 Å². The number of aliphatic hydroxyl groups excluding tert-OH is 2. The molecule has 0 aliphatic rings. The summed E-state index contributed by atoms with van der Waals surface area (Å²) in [5.41, 5.74) is 0. The van der Waals surface area contributed by atoms with Gasteiger partial charge in [-0.2, -0.15) is 0 Å². The van der Waals surface area contributed by atoms with Crippen molar-refractivity contribution in [3.8, 4) is 0 Å². The number of hydrogen-bond donors (Lipinski definition) is 2. The third kappa shape index (κ3) is 38.4. The Hall–Kier alpha value is -0.0600. The highest BCUT2D eigenvalue weighted by Gasteiger charge is 2.29. The van der Waals surface area contributed by atoms with Gasteiger partial charge in [0.05, 0.1) is 0 Å². The van der Waals surface area contributed by atoms with E-state index in [-0.39, 0.29) is 0 Å². The molecule has 0 aromatic carbocycles. The van der Waals surface area contributed by atoms with Crippen LogP contribution in [0.3, 0.4) is 0 Å². The average Bonchev–Trinajstić information content (AvgIpc) is 3.03. The predicted octanol–water partition coefficient (Wildman–Crippen LogP) is 14.4. The van der Waals surface area contributed by atoms with Gasteiger partial charge in [-0.3, -0.25) is 0 Å². The Bertz CT molecular complexity index is 542. The Morgan fingerprint density at radius 2 is 0.522 bits per heavy atom. The van der Waals surface area contributed by atoms with E-state index in [2.05, 4.69) is 13.8 Å². The van der Waals surface area contributed by atoms with E-state index in [1.807, 2.05) is 0 Å². The molecule has 0 spiro atoms. The van der Waals surface area contributed by atoms with Crippen molar-refractivity contribution < 1.29 is 23.8 Å². The van der Waals surface area contributed by atoms with Crippen molar-refractivity contribution in [1.82, 2.24) is 0 Å². The van der Waals surface area contributed by atoms with Gasteiger partial charge in [0, 0.05) is 17.4 Å². The lowest BCUT2D eigenvalue weighted by Crippen LogP contribution is -2.12. The fourth-order valence-corrected chi connectivity index (χ4v) is 7.07. The molecule has 0 aliphatic heterocycles. The fraction of sp³-hybridized carbons (Fsp3) is 1.00. The van der Waals surface area contributed by atoms with Gasteiger partial charge in [-0.15, -0.1) is 0 Å². The summed E-state index contributed by atoms with van der Waals surface area (Å²) in [6.07, 6.45) is 43.5. The van der Waals surface area contributed by atoms with Crippen LogP contribution >= 0.6 is 8.25 Å². The lowest BCUT2D eigenvalue weighted by atomic mass is 10.0. The minimum absolute atomic E-state index is 0.457. The van der Waals surface area contributed by atoms with E-state index in [0.29, 0.717) is 12.8 Å². The van der Waals surface area contributed by atoms with E-state index in [0.717, 1.165) is 25.7 Å². The molecular formula is C40H82O5P+. The van der Waals surface area contributed by atoms with E-state index in [1.165, 1.54) is 193 Å². The summed E-state index contributed by atoms with van der Waals surface area (Å²) in [4.78, 5) is 0. The summed E-state index contributed by atoms with van der Waals surface area (Å²) in [5.74, 6) is 0. The molecule has 46 heavy (non-hydrogen) atoms. The van der Waals surface area contributed by atoms with E-state index in [9.17, 15) is 14.8 Å². The summed E-state index contributed by atoms with van der Waals surface area (Å²) < 4.78 is 22.2. The van der Waals surface area contributed by atoms with Gasteiger partial charge in [0.25, 0.3) is 0 Å². The molecule has 0 aromatic heterocycles. The number of rotatable bonds is 40. The zero-order valence-electron chi connectivity index (χ0n) is 31.2. The molecule has 276 valence electrons. The van der Waals surface area contributed by atoms with Crippen molar-refractivity contribution in [1.29, 1.82) is 0 Å². The van der Waals surface area contributed by atoms with Crippen LogP contribution < -0.4 is 0 Å². The molecule has 6 heteroatoms. The van der Waals surface area contributed by atoms with Crippen LogP contribution in [0.4, 0.5) is 0 Å². The summed E-state index contributed by atoms with van der Waals surface area (Å²) in [7, 11) is -2.50. The van der Waals surface area contributed by atoms with Crippen molar-refractivity contribution >= 4 is 8.25 Å². The van der Waals surface area contributed by atoms with Gasteiger partial charge in [0.15, 0.2) is 0 Å². The minimum atomic E-state index is -2.50. The smallest absolute Gasteiger partial charge is 0.364 e. The molecule has 0 bridgehead atoms. The monoisotopic (exact) mass is 674 g/mol. The molecule has 2 unspecified atom stereocenters. The highest BCUT2D eigenvalue weighted by Crippen LogP contribution is 2.30. The maximum absolute atomic E-state index is 12.0. The van der Waals surface area contributed by atoms with Gasteiger partial charge in [0.1, 0.15) is 0 Å². The topological polar surface area (TPSA) is 76.0 Å². The number of aliphatic hydroxyl groups is 2. The largest absolute Gasteiger partial charge is 0.702 e. The Morgan fingerprint density at radius 1 is 0.348 bits per heavy atom. The van der Waals surface area contributed by atoms with Crippen molar-refractivity contribution in [2.45, 2.75) is 258 Å². The van der Waals surface area contributed by atoms with Crippen molar-refractivity contribution in [3.63, 3.8) is 0 Å². The maximum atomic E-state index is 12.0. The molecule has 0 radical (unpaired) electrons. The highest BCUT2D eigenvalue weighted by atomic mass is 31.1. The van der Waals surface area contributed by atoms with Gasteiger partial charge < -0.3 is 10.2 Å². The molecule has 0 heterocycles. The molecular weight excluding hydrogens is 591 g/mol. The fourth-order valence-electron chi connectivity index (χ4n) is 6.42. The zero-order chi connectivity index (χ0) is 33.6. The standard InChI is InChI=1S/C40H82O5P/c1-3-5-7-9-11-13-15-17-19-21-23-25-27-29-31-33-35-37-39(41)44-46(43)45-40(42)38-36-34-32-30-28-26-24-22-20-18-16-14-12-10-8-6-4-2/h39-42H,3-38H2,1-2H3/q+1. The van der Waals surface area contributed by atoms with Gasteiger partial charge >= 0.3 is 8.25 Å². The first-order valence-electron chi connectivity index (χ1n) is 20.8. The van der Waals surface area contributed by atoms with E-state index in [4.69, 9.17) is 9.05 Å². The second kappa shape index (κ2) is 39.4. The number of unbranched alkanes of at least 4 members (excludes halogenated alkanes) is 32. The van der Waals surface area contributed by atoms with Crippen molar-refractivity contribution in [2.24, 2.45) is 0 Å². The molecule has 0 saturated carbocycles. The Morgan fingerprint density at radius 3 is 0.717 bits per heavy atom. The lowest BCUT2D eigenvalue weighted by molar-refractivity contribution is -0.0648. The lowest BCUT2D eigenvalue weighted by Gasteiger charge is -2.06. The molecule has 0 saturated heterocycles. The molecule has 0 rings (SSSR count). The molecule has 0 amide bonds. The van der Waals surface area contributed by atoms with Crippen LogP contribution in [0.5, 0.6) is 0 Å². The van der Waals surface area contributed by atoms with Crippen LogP contribution in [0.15, 0.2) is 0 Å². The van der Waals surface area contributed by atoms with E-state index in [1.54, 1.807) is 0 Å². The third-order valence-electron chi connectivity index (χ3n) is 9.52. The predicted molar refractivity (Wildman–Crippen MR) is 199 cm³/mol. The second-order valence-corrected chi connectivity index (χ2v) is 15.1. The molecule has 0 aromatic rings. The normalized spacial score (nSPS) is 13.3. The van der Waals surface area contributed by atoms with Crippen LogP contribution in [0.2, 0.25) is 0 Å². The Labute approximate surface area is 289 Å². The first kappa shape index (κ1) is 45.9. The van der Waals surface area contributed by atoms with Gasteiger partial charge in [0.2, 0.25) is 12.6 Å². The summed E-state index contributed by atoms with van der Waals surface area (Å²) in [6.45, 7) is 4.56. The summed E-state index contributed by atoms with van der Waals surface area (Å²) in [5, 5.41) is 20.0. The third-order valence-corrected chi connectivity index (χ3v) is 10.4. The quantitative estimate of drug-likeness (QED) is 0.0384. The zero-order valence-corrected chi connectivity index (χ0v) is 32.1. The van der Waals surface area contributed by atoms with Gasteiger partial charge in [-0.25, -0.2) is 0 Å². The van der Waals surface area contributed by atoms with Crippen LogP contribution in [0.25, 0.3) is 0 Å². The van der Waals surface area contributed by atoms with Crippen molar-refractivity contribution in [3.05, 3.63) is 0 Å². The molecule has 0 aliphatic carbocycles. The molecule has 5 nitrogen and oxygen atoms in total. The highest BCUT2D eigenvalue weighted by molar-refractivity contribution is 7.33. The van der Waals surface area contributed by atoms with Gasteiger partial charge in [-0.05, 0) is 12.8 Å². The number of hydrogen-bond acceptors (Lipinski definition) is 5. The average molecular weight is 674 g/mol. The summed E-state index contributed by atoms with van der Waals surface area (Å²) >= 11 is 0. The first-order chi connectivity index (χ1) is 22.6. The van der Waals surface area contributed by atoms with Crippen LogP contribution in [-0.4, -0.2) is 22.8 Å². The van der Waals surface area contributed by atoms with E-state index < -0.39 is 20.8 Å². The first-order valence-corrected chi connectivity index (χ1v) is 21.9. The van der Waals surface area contributed by atoms with Crippen LogP contribution in [0.1, 0.15) is 245 Å². The van der Waals surface area contributed by atoms with E-state index >= 15 is 0 Å². The molecule has 2 N–H and O–H groups in total. The van der Waals surface area contributed by atoms with Crippen LogP contribution in [0, 0.1) is 0 Å². The Kier molecular flexibility index (Phi) is 39.3. The maximum Gasteiger partial charge on any atom is 0.702 e. The second-order valence-electron chi connectivity index (χ2n) is 14.2. The SMILES string of the molecule is CCCCCCCCCCCCCCCCCCCC(O)O[P+](=O)OC(O)CCCCCCCCCCCCCCCCCCC. The minimum Gasteiger partial charge on any atom is -0.364 e. The summed E-state index contributed by atoms with van der Waals surface area (Å²) in [6, 6.07) is 0. The Balaban J connectivity index is 3.36. The molecule has 2 atom stereocenters.